The average Bonchev–Trinajstić information content (AvgIpc) is 2.40. The van der Waals surface area contributed by atoms with Gasteiger partial charge in [0.15, 0.2) is 0 Å². The third-order valence-electron chi connectivity index (χ3n) is 2.41. The molecule has 17 heavy (non-hydrogen) atoms. The number of benzene rings is 2. The maximum Gasteiger partial charge on any atom is 0.493 e. The van der Waals surface area contributed by atoms with Crippen LogP contribution >= 0.6 is 0 Å². The average molecular weight is 223 g/mol. The Balaban J connectivity index is 2.06. The molecule has 2 rings (SSSR count). The lowest BCUT2D eigenvalue weighted by atomic mass is 9.73. The van der Waals surface area contributed by atoms with Gasteiger partial charge in [0, 0.05) is 5.69 Å². The molecule has 0 spiro atoms. The van der Waals surface area contributed by atoms with Gasteiger partial charge in [-0.1, -0.05) is 48.5 Å². The molecule has 0 aliphatic rings. The van der Waals surface area contributed by atoms with Gasteiger partial charge in [0.25, 0.3) is 0 Å². The molecule has 0 bridgehead atoms. The first-order chi connectivity index (χ1) is 8.27. The molecule has 0 saturated carbocycles. The summed E-state index contributed by atoms with van der Waals surface area (Å²) in [6, 6.07) is 17.9. The predicted octanol–water partition coefficient (Wildman–Crippen LogP) is 3.49. The van der Waals surface area contributed by atoms with Crippen LogP contribution in [0.3, 0.4) is 0 Å². The molecule has 0 atom stereocenters. The first-order valence-electron chi connectivity index (χ1n) is 5.37. The van der Waals surface area contributed by atoms with Crippen molar-refractivity contribution in [2.75, 3.05) is 5.23 Å². The predicted molar refractivity (Wildman–Crippen MR) is 70.0 cm³/mol. The van der Waals surface area contributed by atoms with Gasteiger partial charge in [0.1, 0.15) is 0 Å². The summed E-state index contributed by atoms with van der Waals surface area (Å²) in [6.45, 7) is 7.75. The standard InChI is InChI=1S/C14H11BFN/c1-12(13-8-4-2-5-9-13)15(16)17-14-10-6-3-7-11-14/h2-11,17H. The van der Waals surface area contributed by atoms with Crippen molar-refractivity contribution >= 4 is 18.3 Å². The molecule has 0 saturated heterocycles. The lowest BCUT2D eigenvalue weighted by molar-refractivity contribution is 0.856. The Labute approximate surface area is 101 Å². The summed E-state index contributed by atoms with van der Waals surface area (Å²) in [5.41, 5.74) is 1.19. The van der Waals surface area contributed by atoms with Crippen LogP contribution in [0.15, 0.2) is 60.7 Å². The highest BCUT2D eigenvalue weighted by Crippen LogP contribution is 2.17. The Morgan fingerprint density at radius 1 is 0.941 bits per heavy atom. The number of nitrogens with one attached hydrogen (secondary N) is 1. The van der Waals surface area contributed by atoms with Crippen molar-refractivity contribution in [3.05, 3.63) is 72.8 Å². The van der Waals surface area contributed by atoms with Crippen LogP contribution in [0.4, 0.5) is 10.0 Å². The van der Waals surface area contributed by atoms with E-state index in [1.165, 1.54) is 0 Å². The van der Waals surface area contributed by atoms with E-state index in [4.69, 9.17) is 6.58 Å². The van der Waals surface area contributed by atoms with Crippen molar-refractivity contribution in [1.82, 2.24) is 0 Å². The van der Waals surface area contributed by atoms with E-state index >= 15 is 0 Å². The summed E-state index contributed by atoms with van der Waals surface area (Å²) >= 11 is 0. The molecular formula is C14H11BFN. The molecule has 1 nitrogen and oxygen atoms in total. The first-order valence-corrected chi connectivity index (χ1v) is 5.37. The van der Waals surface area contributed by atoms with Crippen molar-refractivity contribution < 1.29 is 4.32 Å². The molecule has 0 amide bonds. The van der Waals surface area contributed by atoms with E-state index in [1.807, 2.05) is 24.3 Å². The molecule has 2 radical (unpaired) electrons. The number of rotatable bonds is 4. The molecule has 2 aromatic rings. The summed E-state index contributed by atoms with van der Waals surface area (Å²) in [5.74, 6) is 0. The lowest BCUT2D eigenvalue weighted by Gasteiger charge is -2.10. The maximum absolute atomic E-state index is 13.8. The topological polar surface area (TPSA) is 12.0 Å². The monoisotopic (exact) mass is 223 g/mol. The smallest absolute Gasteiger partial charge is 0.396 e. The van der Waals surface area contributed by atoms with E-state index in [9.17, 15) is 4.32 Å². The fraction of sp³-hybridized carbons (Fsp3) is 0. The molecule has 0 unspecified atom stereocenters. The first kappa shape index (κ1) is 11.5. The van der Waals surface area contributed by atoms with Gasteiger partial charge >= 0.3 is 7.12 Å². The third-order valence-corrected chi connectivity index (χ3v) is 2.41. The van der Waals surface area contributed by atoms with Crippen LogP contribution in [0.5, 0.6) is 0 Å². The minimum Gasteiger partial charge on any atom is -0.396 e. The van der Waals surface area contributed by atoms with E-state index in [2.05, 4.69) is 5.23 Å². The van der Waals surface area contributed by atoms with Gasteiger partial charge in [0.2, 0.25) is 0 Å². The zero-order valence-electron chi connectivity index (χ0n) is 9.23. The lowest BCUT2D eigenvalue weighted by Crippen LogP contribution is -2.21. The van der Waals surface area contributed by atoms with Crippen LogP contribution in [0.2, 0.25) is 0 Å². The van der Waals surface area contributed by atoms with Gasteiger partial charge in [0.05, 0.1) is 0 Å². The maximum atomic E-state index is 13.8. The molecule has 0 aliphatic heterocycles. The van der Waals surface area contributed by atoms with Crippen molar-refractivity contribution in [2.24, 2.45) is 0 Å². The van der Waals surface area contributed by atoms with Crippen LogP contribution < -0.4 is 5.23 Å². The molecule has 0 fully saturated rings. The quantitative estimate of drug-likeness (QED) is 0.782. The Morgan fingerprint density at radius 2 is 1.47 bits per heavy atom. The second kappa shape index (κ2) is 5.35. The fourth-order valence-electron chi connectivity index (χ4n) is 1.52. The highest BCUT2D eigenvalue weighted by Gasteiger charge is 2.20. The second-order valence-electron chi connectivity index (χ2n) is 3.65. The van der Waals surface area contributed by atoms with E-state index in [0.717, 1.165) is 0 Å². The van der Waals surface area contributed by atoms with E-state index < -0.39 is 7.12 Å². The molecule has 3 heteroatoms. The minimum absolute atomic E-state index is 0.0607. The van der Waals surface area contributed by atoms with Crippen molar-refractivity contribution in [1.29, 1.82) is 0 Å². The van der Waals surface area contributed by atoms with Crippen molar-refractivity contribution in [3.63, 3.8) is 0 Å². The number of hydrogen-bond donors (Lipinski definition) is 1. The van der Waals surface area contributed by atoms with Gasteiger partial charge in [-0.2, -0.15) is 0 Å². The van der Waals surface area contributed by atoms with Crippen LogP contribution in [-0.2, 0) is 0 Å². The Morgan fingerprint density at radius 3 is 2.06 bits per heavy atom. The SMILES string of the molecule is [C]=C(B(F)Nc1ccccc1)c1ccccc1. The second-order valence-corrected chi connectivity index (χ2v) is 3.65. The number of anilines is 1. The van der Waals surface area contributed by atoms with Gasteiger partial charge < -0.3 is 5.23 Å². The number of hydrogen-bond acceptors (Lipinski definition) is 1. The number of para-hydroxylation sites is 1. The van der Waals surface area contributed by atoms with E-state index in [1.54, 1.807) is 36.4 Å². The Hall–Kier alpha value is -2.03. The summed E-state index contributed by atoms with van der Waals surface area (Å²) in [7, 11) is -1.50. The van der Waals surface area contributed by atoms with Crippen molar-refractivity contribution in [3.8, 4) is 0 Å². The van der Waals surface area contributed by atoms with Crippen molar-refractivity contribution in [2.45, 2.75) is 0 Å². The molecule has 2 aromatic carbocycles. The minimum atomic E-state index is -1.50. The normalized spacial score (nSPS) is 9.71. The third kappa shape index (κ3) is 2.97. The molecule has 0 heterocycles. The van der Waals surface area contributed by atoms with E-state index in [0.29, 0.717) is 11.3 Å². The van der Waals surface area contributed by atoms with Gasteiger partial charge in [-0.3, -0.25) is 4.32 Å². The summed E-state index contributed by atoms with van der Waals surface area (Å²) in [5, 5.41) is 2.65. The van der Waals surface area contributed by atoms with Crippen LogP contribution in [-0.4, -0.2) is 7.12 Å². The highest BCUT2D eigenvalue weighted by atomic mass is 19.1. The van der Waals surface area contributed by atoms with Crippen LogP contribution in [0.1, 0.15) is 5.56 Å². The molecule has 0 aliphatic carbocycles. The highest BCUT2D eigenvalue weighted by molar-refractivity contribution is 6.75. The largest absolute Gasteiger partial charge is 0.493 e. The Bertz CT molecular complexity index is 484. The summed E-state index contributed by atoms with van der Waals surface area (Å²) < 4.78 is 13.8. The molecule has 0 aromatic heterocycles. The molecular weight excluding hydrogens is 212 g/mol. The summed E-state index contributed by atoms with van der Waals surface area (Å²) in [4.78, 5) is 0. The Kier molecular flexibility index (Phi) is 3.60. The summed E-state index contributed by atoms with van der Waals surface area (Å²) in [6.07, 6.45) is 0. The molecule has 1 N–H and O–H groups in total. The molecule has 82 valence electrons. The zero-order valence-corrected chi connectivity index (χ0v) is 9.23. The van der Waals surface area contributed by atoms with Crippen LogP contribution in [0, 0.1) is 6.58 Å². The van der Waals surface area contributed by atoms with E-state index in [-0.39, 0.29) is 5.47 Å². The van der Waals surface area contributed by atoms with Gasteiger partial charge in [-0.25, -0.2) is 0 Å². The van der Waals surface area contributed by atoms with Gasteiger partial charge in [-0.05, 0) is 29.7 Å². The number of halogens is 1. The van der Waals surface area contributed by atoms with Gasteiger partial charge in [-0.15, -0.1) is 0 Å². The zero-order chi connectivity index (χ0) is 12.1. The van der Waals surface area contributed by atoms with Crippen LogP contribution in [0.25, 0.3) is 5.47 Å². The fourth-order valence-corrected chi connectivity index (χ4v) is 1.52.